The van der Waals surface area contributed by atoms with Gasteiger partial charge in [-0.15, -0.1) is 0 Å². The Balaban J connectivity index is 1.76. The van der Waals surface area contributed by atoms with E-state index in [1.54, 1.807) is 18.2 Å². The summed E-state index contributed by atoms with van der Waals surface area (Å²) < 4.78 is 23.4. The van der Waals surface area contributed by atoms with E-state index in [2.05, 4.69) is 20.5 Å². The van der Waals surface area contributed by atoms with Gasteiger partial charge in [0.05, 0.1) is 26.1 Å². The number of aromatic amines is 1. The first-order chi connectivity index (χ1) is 14.0. The van der Waals surface area contributed by atoms with Gasteiger partial charge in [0.2, 0.25) is 0 Å². The van der Waals surface area contributed by atoms with Crippen LogP contribution < -0.4 is 20.6 Å². The van der Waals surface area contributed by atoms with Gasteiger partial charge in [-0.25, -0.2) is 14.6 Å². The normalized spacial score (nSPS) is 10.7. The summed E-state index contributed by atoms with van der Waals surface area (Å²) in [7, 11) is 3.04. The van der Waals surface area contributed by atoms with Crippen LogP contribution in [0.2, 0.25) is 0 Å². The molecule has 0 aliphatic rings. The predicted molar refractivity (Wildman–Crippen MR) is 105 cm³/mol. The number of hydrazone groups is 1. The van der Waals surface area contributed by atoms with Gasteiger partial charge in [-0.2, -0.15) is 10.1 Å². The van der Waals surface area contributed by atoms with Crippen molar-refractivity contribution in [2.24, 2.45) is 5.10 Å². The molecule has 1 aromatic heterocycles. The molecule has 0 saturated heterocycles. The molecule has 0 spiro atoms. The quantitative estimate of drug-likeness (QED) is 0.492. The standard InChI is InChI=1S/C20H17FN4O4/c1-28-17-8-3-12(9-18(17)29-2)11-22-25-19(26)16-10-15(23-20(27)24-16)13-4-6-14(21)7-5-13/h3-11H,1-2H3,(H,25,26)(H,23,24,27)/b22-11+. The first-order valence-electron chi connectivity index (χ1n) is 8.43. The molecule has 148 valence electrons. The van der Waals surface area contributed by atoms with Crippen LogP contribution >= 0.6 is 0 Å². The second-order valence-electron chi connectivity index (χ2n) is 5.81. The molecule has 0 bridgehead atoms. The fraction of sp³-hybridized carbons (Fsp3) is 0.100. The highest BCUT2D eigenvalue weighted by atomic mass is 19.1. The maximum atomic E-state index is 13.1. The number of amides is 1. The number of H-pyrrole nitrogens is 1. The number of carbonyl (C=O) groups excluding carboxylic acids is 1. The summed E-state index contributed by atoms with van der Waals surface area (Å²) in [4.78, 5) is 30.3. The van der Waals surface area contributed by atoms with Gasteiger partial charge in [-0.1, -0.05) is 0 Å². The molecule has 3 rings (SSSR count). The first kappa shape index (κ1) is 19.7. The summed E-state index contributed by atoms with van der Waals surface area (Å²) in [5, 5.41) is 3.88. The van der Waals surface area contributed by atoms with Crippen molar-refractivity contribution in [3.63, 3.8) is 0 Å². The van der Waals surface area contributed by atoms with E-state index in [0.717, 1.165) is 0 Å². The number of nitrogens with zero attached hydrogens (tertiary/aromatic N) is 2. The van der Waals surface area contributed by atoms with Crippen molar-refractivity contribution in [2.45, 2.75) is 0 Å². The Bertz CT molecular complexity index is 1110. The summed E-state index contributed by atoms with van der Waals surface area (Å²) in [6, 6.07) is 11.9. The minimum Gasteiger partial charge on any atom is -0.493 e. The Morgan fingerprint density at radius 2 is 1.83 bits per heavy atom. The smallest absolute Gasteiger partial charge is 0.346 e. The Hall–Kier alpha value is -4.01. The van der Waals surface area contributed by atoms with E-state index in [1.165, 1.54) is 50.8 Å². The summed E-state index contributed by atoms with van der Waals surface area (Å²) >= 11 is 0. The third kappa shape index (κ3) is 4.83. The maximum Gasteiger partial charge on any atom is 0.346 e. The van der Waals surface area contributed by atoms with Crippen molar-refractivity contribution in [1.82, 2.24) is 15.4 Å². The van der Waals surface area contributed by atoms with Crippen LogP contribution in [-0.2, 0) is 0 Å². The van der Waals surface area contributed by atoms with Crippen molar-refractivity contribution in [3.05, 3.63) is 76.1 Å². The van der Waals surface area contributed by atoms with E-state index in [0.29, 0.717) is 22.6 Å². The number of benzene rings is 2. The van der Waals surface area contributed by atoms with Gasteiger partial charge in [0, 0.05) is 5.56 Å². The zero-order valence-corrected chi connectivity index (χ0v) is 15.6. The summed E-state index contributed by atoms with van der Waals surface area (Å²) in [6.45, 7) is 0. The number of rotatable bonds is 6. The number of ether oxygens (including phenoxy) is 2. The van der Waals surface area contributed by atoms with Crippen molar-refractivity contribution >= 4 is 12.1 Å². The Morgan fingerprint density at radius 3 is 2.52 bits per heavy atom. The van der Waals surface area contributed by atoms with Gasteiger partial charge in [0.15, 0.2) is 11.5 Å². The molecular formula is C20H17FN4O4. The SMILES string of the molecule is COc1ccc(/C=N/NC(=O)c2cc(-c3ccc(F)cc3)nc(=O)[nH]2)cc1OC. The predicted octanol–water partition coefficient (Wildman–Crippen LogP) is 2.36. The van der Waals surface area contributed by atoms with Crippen LogP contribution in [0.5, 0.6) is 11.5 Å². The van der Waals surface area contributed by atoms with Crippen LogP contribution in [0, 0.1) is 5.82 Å². The molecule has 0 saturated carbocycles. The lowest BCUT2D eigenvalue weighted by atomic mass is 10.1. The third-order valence-corrected chi connectivity index (χ3v) is 3.92. The molecule has 1 heterocycles. The van der Waals surface area contributed by atoms with Gasteiger partial charge >= 0.3 is 5.69 Å². The van der Waals surface area contributed by atoms with E-state index in [9.17, 15) is 14.0 Å². The molecule has 9 heteroatoms. The molecule has 3 aromatic rings. The summed E-state index contributed by atoms with van der Waals surface area (Å²) in [5.74, 6) is 0.0344. The highest BCUT2D eigenvalue weighted by Gasteiger charge is 2.10. The minimum atomic E-state index is -0.708. The van der Waals surface area contributed by atoms with Gasteiger partial charge < -0.3 is 14.5 Å². The van der Waals surface area contributed by atoms with Crippen LogP contribution in [0.1, 0.15) is 16.1 Å². The lowest BCUT2D eigenvalue weighted by molar-refractivity contribution is 0.0949. The lowest BCUT2D eigenvalue weighted by Gasteiger charge is -2.07. The van der Waals surface area contributed by atoms with Crippen molar-refractivity contribution in [3.8, 4) is 22.8 Å². The number of hydrogen-bond acceptors (Lipinski definition) is 6. The van der Waals surface area contributed by atoms with Crippen LogP contribution in [-0.4, -0.2) is 36.3 Å². The van der Waals surface area contributed by atoms with Crippen LogP contribution in [0.25, 0.3) is 11.3 Å². The van der Waals surface area contributed by atoms with Gasteiger partial charge in [-0.05, 0) is 54.1 Å². The summed E-state index contributed by atoms with van der Waals surface area (Å²) in [6.07, 6.45) is 1.42. The zero-order valence-electron chi connectivity index (χ0n) is 15.6. The number of carbonyl (C=O) groups is 1. The molecular weight excluding hydrogens is 379 g/mol. The Labute approximate surface area is 165 Å². The number of nitrogens with one attached hydrogen (secondary N) is 2. The van der Waals surface area contributed by atoms with E-state index in [4.69, 9.17) is 9.47 Å². The fourth-order valence-corrected chi connectivity index (χ4v) is 2.51. The first-order valence-corrected chi connectivity index (χ1v) is 8.43. The average molecular weight is 396 g/mol. The molecule has 0 radical (unpaired) electrons. The molecule has 2 aromatic carbocycles. The van der Waals surface area contributed by atoms with Crippen molar-refractivity contribution < 1.29 is 18.7 Å². The molecule has 0 aliphatic heterocycles. The Kier molecular flexibility index (Phi) is 5.98. The third-order valence-electron chi connectivity index (χ3n) is 3.92. The van der Waals surface area contributed by atoms with E-state index in [-0.39, 0.29) is 11.4 Å². The van der Waals surface area contributed by atoms with Crippen LogP contribution in [0.4, 0.5) is 4.39 Å². The molecule has 2 N–H and O–H groups in total. The largest absolute Gasteiger partial charge is 0.493 e. The average Bonchev–Trinajstić information content (AvgIpc) is 2.73. The minimum absolute atomic E-state index is 0.0335. The Morgan fingerprint density at radius 1 is 1.10 bits per heavy atom. The number of halogens is 1. The highest BCUT2D eigenvalue weighted by Crippen LogP contribution is 2.26. The van der Waals surface area contributed by atoms with Crippen LogP contribution in [0.3, 0.4) is 0 Å². The van der Waals surface area contributed by atoms with Gasteiger partial charge in [0.25, 0.3) is 5.91 Å². The molecule has 0 atom stereocenters. The topological polar surface area (TPSA) is 106 Å². The zero-order chi connectivity index (χ0) is 20.8. The van der Waals surface area contributed by atoms with Gasteiger partial charge in [0.1, 0.15) is 11.5 Å². The van der Waals surface area contributed by atoms with E-state index in [1.807, 2.05) is 0 Å². The fourth-order valence-electron chi connectivity index (χ4n) is 2.51. The lowest BCUT2D eigenvalue weighted by Crippen LogP contribution is -2.24. The van der Waals surface area contributed by atoms with Crippen LogP contribution in [0.15, 0.2) is 58.4 Å². The van der Waals surface area contributed by atoms with Crippen molar-refractivity contribution in [2.75, 3.05) is 14.2 Å². The summed E-state index contributed by atoms with van der Waals surface area (Å²) in [5.41, 5.74) is 2.99. The molecule has 8 nitrogen and oxygen atoms in total. The monoisotopic (exact) mass is 396 g/mol. The molecule has 0 fully saturated rings. The van der Waals surface area contributed by atoms with Crippen molar-refractivity contribution in [1.29, 1.82) is 0 Å². The van der Waals surface area contributed by atoms with E-state index >= 15 is 0 Å². The van der Waals surface area contributed by atoms with E-state index < -0.39 is 17.4 Å². The molecule has 0 aliphatic carbocycles. The number of methoxy groups -OCH3 is 2. The second kappa shape index (κ2) is 8.79. The molecule has 29 heavy (non-hydrogen) atoms. The number of hydrogen-bond donors (Lipinski definition) is 2. The maximum absolute atomic E-state index is 13.1. The van der Waals surface area contributed by atoms with Gasteiger partial charge in [-0.3, -0.25) is 4.79 Å². The molecule has 1 amide bonds. The second-order valence-corrected chi connectivity index (χ2v) is 5.81. The highest BCUT2D eigenvalue weighted by molar-refractivity contribution is 5.94. The number of aromatic nitrogens is 2. The molecule has 0 unspecified atom stereocenters.